The molecule has 0 saturated heterocycles. The molecule has 0 bridgehead atoms. The van der Waals surface area contributed by atoms with Crippen LogP contribution in [0.15, 0.2) is 23.4 Å². The number of amides is 1. The molecule has 2 N–H and O–H groups in total. The summed E-state index contributed by atoms with van der Waals surface area (Å²) in [4.78, 5) is 46.8. The number of imidazole rings is 1. The van der Waals surface area contributed by atoms with Gasteiger partial charge in [-0.05, 0) is 12.8 Å². The first-order chi connectivity index (χ1) is 13.6. The van der Waals surface area contributed by atoms with E-state index in [1.165, 1.54) is 17.9 Å². The largest absolute Gasteiger partial charge is 0.354 e. The standard InChI is InChI=1S/C17H21N9O2/c1-4-10(5-2)24-9-25(15-14(24)19-6-7-20-15)26-13-12(23-17(26)28)22-11(8-21-13)16(27)18-3/h6-8,10H,4-5,9H2,1-3H3,(H,18,27)(H,22,23,28). The highest BCUT2D eigenvalue weighted by Crippen LogP contribution is 2.34. The predicted molar refractivity (Wildman–Crippen MR) is 103 cm³/mol. The third kappa shape index (κ3) is 2.66. The quantitative estimate of drug-likeness (QED) is 0.653. The van der Waals surface area contributed by atoms with Crippen molar-refractivity contribution < 1.29 is 4.79 Å². The lowest BCUT2D eigenvalue weighted by Gasteiger charge is -2.27. The molecule has 1 amide bonds. The maximum atomic E-state index is 12.7. The summed E-state index contributed by atoms with van der Waals surface area (Å²) >= 11 is 0. The number of nitrogens with zero attached hydrogens (tertiary/aromatic N) is 7. The average Bonchev–Trinajstić information content (AvgIpc) is 3.25. The number of aromatic nitrogens is 6. The smallest absolute Gasteiger partial charge is 0.348 e. The van der Waals surface area contributed by atoms with Crippen molar-refractivity contribution in [1.29, 1.82) is 0 Å². The second kappa shape index (κ2) is 6.91. The highest BCUT2D eigenvalue weighted by atomic mass is 16.2. The summed E-state index contributed by atoms with van der Waals surface area (Å²) < 4.78 is 1.39. The van der Waals surface area contributed by atoms with Crippen molar-refractivity contribution >= 4 is 28.8 Å². The minimum absolute atomic E-state index is 0.128. The molecule has 0 spiro atoms. The van der Waals surface area contributed by atoms with Gasteiger partial charge in [-0.15, -0.1) is 0 Å². The summed E-state index contributed by atoms with van der Waals surface area (Å²) in [6.07, 6.45) is 6.47. The zero-order valence-electron chi connectivity index (χ0n) is 15.9. The molecule has 0 unspecified atom stereocenters. The number of aromatic amines is 1. The van der Waals surface area contributed by atoms with Gasteiger partial charge in [-0.25, -0.2) is 29.7 Å². The number of hydrogen-bond donors (Lipinski definition) is 2. The van der Waals surface area contributed by atoms with Crippen LogP contribution in [0.25, 0.3) is 11.3 Å². The normalized spacial score (nSPS) is 13.4. The monoisotopic (exact) mass is 383 g/mol. The number of H-pyrrole nitrogens is 1. The van der Waals surface area contributed by atoms with Crippen molar-refractivity contribution in [2.45, 2.75) is 32.7 Å². The molecule has 11 heteroatoms. The highest BCUT2D eigenvalue weighted by Gasteiger charge is 2.35. The summed E-state index contributed by atoms with van der Waals surface area (Å²) in [5.74, 6) is 0.933. The van der Waals surface area contributed by atoms with Gasteiger partial charge >= 0.3 is 5.69 Å². The second-order valence-electron chi connectivity index (χ2n) is 6.43. The van der Waals surface area contributed by atoms with Gasteiger partial charge in [0.15, 0.2) is 17.3 Å². The Morgan fingerprint density at radius 2 is 1.93 bits per heavy atom. The number of fused-ring (bicyclic) bond motifs is 2. The van der Waals surface area contributed by atoms with E-state index < -0.39 is 5.69 Å². The Morgan fingerprint density at radius 3 is 2.61 bits per heavy atom. The fraction of sp³-hybridized carbons (Fsp3) is 0.412. The zero-order chi connectivity index (χ0) is 19.8. The van der Waals surface area contributed by atoms with E-state index in [1.807, 2.05) is 0 Å². The van der Waals surface area contributed by atoms with Crippen LogP contribution in [-0.2, 0) is 0 Å². The first kappa shape index (κ1) is 17.9. The molecule has 3 aromatic heterocycles. The third-order valence-electron chi connectivity index (χ3n) is 4.92. The average molecular weight is 383 g/mol. The fourth-order valence-electron chi connectivity index (χ4n) is 3.50. The number of carbonyl (C=O) groups is 1. The van der Waals surface area contributed by atoms with E-state index in [0.29, 0.717) is 18.1 Å². The van der Waals surface area contributed by atoms with E-state index in [0.717, 1.165) is 18.7 Å². The van der Waals surface area contributed by atoms with Crippen molar-refractivity contribution in [3.63, 3.8) is 0 Å². The van der Waals surface area contributed by atoms with E-state index in [4.69, 9.17) is 0 Å². The summed E-state index contributed by atoms with van der Waals surface area (Å²) in [7, 11) is 1.51. The molecule has 3 aromatic rings. The Morgan fingerprint density at radius 1 is 1.21 bits per heavy atom. The van der Waals surface area contributed by atoms with Gasteiger partial charge in [-0.1, -0.05) is 13.8 Å². The molecule has 0 radical (unpaired) electrons. The molecule has 11 nitrogen and oxygen atoms in total. The van der Waals surface area contributed by atoms with Crippen molar-refractivity contribution in [3.05, 3.63) is 34.8 Å². The molecule has 0 aliphatic carbocycles. The van der Waals surface area contributed by atoms with Crippen LogP contribution in [0.1, 0.15) is 37.2 Å². The first-order valence-corrected chi connectivity index (χ1v) is 9.14. The molecular weight excluding hydrogens is 362 g/mol. The Bertz CT molecular complexity index is 1090. The van der Waals surface area contributed by atoms with Gasteiger partial charge in [0.2, 0.25) is 5.65 Å². The Kier molecular flexibility index (Phi) is 4.41. The topological polar surface area (TPSA) is 125 Å². The van der Waals surface area contributed by atoms with Crippen LogP contribution in [0, 0.1) is 0 Å². The molecule has 1 aliphatic rings. The molecule has 0 atom stereocenters. The van der Waals surface area contributed by atoms with Crippen LogP contribution >= 0.6 is 0 Å². The van der Waals surface area contributed by atoms with Gasteiger partial charge in [-0.3, -0.25) is 9.78 Å². The summed E-state index contributed by atoms with van der Waals surface area (Å²) in [5.41, 5.74) is 0.272. The number of carbonyl (C=O) groups excluding carboxylic acids is 1. The van der Waals surface area contributed by atoms with Crippen LogP contribution in [0.5, 0.6) is 0 Å². The summed E-state index contributed by atoms with van der Waals surface area (Å²) in [5, 5.41) is 4.22. The Labute approximate surface area is 160 Å². The maximum absolute atomic E-state index is 12.7. The first-order valence-electron chi connectivity index (χ1n) is 9.14. The minimum Gasteiger partial charge on any atom is -0.354 e. The minimum atomic E-state index is -0.410. The molecule has 0 aromatic carbocycles. The van der Waals surface area contributed by atoms with Gasteiger partial charge in [0.25, 0.3) is 5.91 Å². The lowest BCUT2D eigenvalue weighted by Crippen LogP contribution is -2.43. The molecule has 1 aliphatic heterocycles. The van der Waals surface area contributed by atoms with E-state index >= 15 is 0 Å². The maximum Gasteiger partial charge on any atom is 0.348 e. The Balaban J connectivity index is 1.83. The van der Waals surface area contributed by atoms with Gasteiger partial charge in [0.1, 0.15) is 12.4 Å². The molecule has 146 valence electrons. The summed E-state index contributed by atoms with van der Waals surface area (Å²) in [6.45, 7) is 4.66. The predicted octanol–water partition coefficient (Wildman–Crippen LogP) is 0.505. The highest BCUT2D eigenvalue weighted by molar-refractivity contribution is 5.93. The lowest BCUT2D eigenvalue weighted by atomic mass is 10.1. The second-order valence-corrected chi connectivity index (χ2v) is 6.43. The third-order valence-corrected chi connectivity index (χ3v) is 4.92. The van der Waals surface area contributed by atoms with E-state index in [-0.39, 0.29) is 23.3 Å². The van der Waals surface area contributed by atoms with Crippen LogP contribution in [-0.4, -0.2) is 55.3 Å². The van der Waals surface area contributed by atoms with E-state index in [1.54, 1.807) is 17.4 Å². The van der Waals surface area contributed by atoms with Crippen molar-refractivity contribution in [1.82, 2.24) is 34.9 Å². The van der Waals surface area contributed by atoms with Crippen LogP contribution in [0.4, 0.5) is 11.6 Å². The van der Waals surface area contributed by atoms with Gasteiger partial charge < -0.3 is 10.2 Å². The molecule has 0 fully saturated rings. The SMILES string of the molecule is CCC(CC)N1CN(n2c(=O)[nH]c3nc(C(=O)NC)cnc32)c2nccnc21. The number of anilines is 2. The molecular formula is C17H21N9O2. The number of hydrogen-bond acceptors (Lipinski definition) is 8. The Hall–Kier alpha value is -3.50. The number of rotatable bonds is 5. The molecule has 4 heterocycles. The number of nitrogens with one attached hydrogen (secondary N) is 2. The van der Waals surface area contributed by atoms with E-state index in [2.05, 4.69) is 49.0 Å². The van der Waals surface area contributed by atoms with Gasteiger partial charge in [-0.2, -0.15) is 4.68 Å². The zero-order valence-corrected chi connectivity index (χ0v) is 15.9. The van der Waals surface area contributed by atoms with Crippen LogP contribution in [0.3, 0.4) is 0 Å². The fourth-order valence-corrected chi connectivity index (χ4v) is 3.50. The van der Waals surface area contributed by atoms with Gasteiger partial charge in [0, 0.05) is 25.5 Å². The summed E-state index contributed by atoms with van der Waals surface area (Å²) in [6, 6.07) is 0.271. The van der Waals surface area contributed by atoms with Crippen molar-refractivity contribution in [2.24, 2.45) is 0 Å². The molecule has 4 rings (SSSR count). The van der Waals surface area contributed by atoms with E-state index in [9.17, 15) is 9.59 Å². The molecule has 28 heavy (non-hydrogen) atoms. The molecule has 0 saturated carbocycles. The lowest BCUT2D eigenvalue weighted by molar-refractivity contribution is 0.0958. The van der Waals surface area contributed by atoms with Crippen molar-refractivity contribution in [2.75, 3.05) is 23.6 Å². The van der Waals surface area contributed by atoms with Crippen LogP contribution in [0.2, 0.25) is 0 Å². The van der Waals surface area contributed by atoms with Gasteiger partial charge in [0.05, 0.1) is 6.20 Å². The van der Waals surface area contributed by atoms with Crippen LogP contribution < -0.4 is 20.9 Å². The van der Waals surface area contributed by atoms with Crippen molar-refractivity contribution in [3.8, 4) is 0 Å².